The molecule has 0 aliphatic carbocycles. The van der Waals surface area contributed by atoms with E-state index in [1.807, 2.05) is 17.8 Å². The smallest absolute Gasteiger partial charge is 0.306 e. The summed E-state index contributed by atoms with van der Waals surface area (Å²) >= 11 is 1.46. The number of hydrogen-bond acceptors (Lipinski definition) is 4. The lowest BCUT2D eigenvalue weighted by Crippen LogP contribution is -2.39. The number of carbonyl (C=O) groups excluding carboxylic acids is 1. The minimum absolute atomic E-state index is 0.00439. The molecule has 124 valence electrons. The molecule has 0 aromatic carbocycles. The molecule has 0 spiro atoms. The van der Waals surface area contributed by atoms with Crippen LogP contribution in [-0.4, -0.2) is 44.8 Å². The third-order valence-electron chi connectivity index (χ3n) is 4.43. The predicted octanol–water partition coefficient (Wildman–Crippen LogP) is 2.70. The van der Waals surface area contributed by atoms with Crippen molar-refractivity contribution in [3.8, 4) is 0 Å². The lowest BCUT2D eigenvalue weighted by atomic mass is 9.97. The van der Waals surface area contributed by atoms with Gasteiger partial charge in [-0.3, -0.25) is 14.3 Å². The van der Waals surface area contributed by atoms with Crippen molar-refractivity contribution in [3.63, 3.8) is 0 Å². The van der Waals surface area contributed by atoms with Crippen LogP contribution in [0.4, 0.5) is 0 Å². The van der Waals surface area contributed by atoms with Crippen LogP contribution >= 0.6 is 11.3 Å². The molecule has 1 aliphatic rings. The highest BCUT2D eigenvalue weighted by Gasteiger charge is 2.29. The molecule has 1 saturated heterocycles. The predicted molar refractivity (Wildman–Crippen MR) is 88.9 cm³/mol. The highest BCUT2D eigenvalue weighted by molar-refractivity contribution is 7.20. The van der Waals surface area contributed by atoms with Crippen LogP contribution in [0.2, 0.25) is 0 Å². The molecular formula is C16H21N3O3S. The third-order valence-corrected chi connectivity index (χ3v) is 5.62. The second-order valence-corrected chi connectivity index (χ2v) is 7.43. The molecule has 1 fully saturated rings. The second kappa shape index (κ2) is 5.96. The van der Waals surface area contributed by atoms with E-state index >= 15 is 0 Å². The zero-order valence-corrected chi connectivity index (χ0v) is 14.4. The minimum atomic E-state index is -0.758. The van der Waals surface area contributed by atoms with Crippen LogP contribution in [0.3, 0.4) is 0 Å². The Hall–Kier alpha value is -1.89. The summed E-state index contributed by atoms with van der Waals surface area (Å²) in [7, 11) is 1.90. The van der Waals surface area contributed by atoms with E-state index in [9.17, 15) is 9.59 Å². The first-order chi connectivity index (χ1) is 10.9. The topological polar surface area (TPSA) is 75.4 Å². The SMILES string of the molecule is CC(C)c1nn(C)c2sc(C(=O)N3CCC(C(=O)O)CC3)cc12. The van der Waals surface area contributed by atoms with Gasteiger partial charge < -0.3 is 10.0 Å². The molecule has 0 unspecified atom stereocenters. The van der Waals surface area contributed by atoms with Gasteiger partial charge in [0.05, 0.1) is 16.5 Å². The van der Waals surface area contributed by atoms with E-state index in [-0.39, 0.29) is 11.8 Å². The minimum Gasteiger partial charge on any atom is -0.481 e. The first-order valence-electron chi connectivity index (χ1n) is 7.87. The molecule has 0 atom stereocenters. The molecule has 0 bridgehead atoms. The number of nitrogens with zero attached hydrogens (tertiary/aromatic N) is 3. The first-order valence-corrected chi connectivity index (χ1v) is 8.68. The van der Waals surface area contributed by atoms with E-state index < -0.39 is 5.97 Å². The summed E-state index contributed by atoms with van der Waals surface area (Å²) in [5.41, 5.74) is 1.02. The van der Waals surface area contributed by atoms with Crippen LogP contribution in [0.15, 0.2) is 6.07 Å². The number of carboxylic acid groups (broad SMARTS) is 1. The molecule has 0 radical (unpaired) electrons. The van der Waals surface area contributed by atoms with Crippen molar-refractivity contribution in [3.05, 3.63) is 16.6 Å². The number of thiophene rings is 1. The Morgan fingerprint density at radius 1 is 1.35 bits per heavy atom. The van der Waals surface area contributed by atoms with E-state index in [1.54, 1.807) is 4.90 Å². The summed E-state index contributed by atoms with van der Waals surface area (Å²) in [5, 5.41) is 14.6. The van der Waals surface area contributed by atoms with E-state index in [2.05, 4.69) is 18.9 Å². The van der Waals surface area contributed by atoms with Crippen molar-refractivity contribution in [1.29, 1.82) is 0 Å². The molecule has 3 heterocycles. The third kappa shape index (κ3) is 2.85. The van der Waals surface area contributed by atoms with E-state index in [0.29, 0.717) is 36.7 Å². The summed E-state index contributed by atoms with van der Waals surface area (Å²) in [5.74, 6) is -0.767. The molecule has 1 aliphatic heterocycles. The summed E-state index contributed by atoms with van der Waals surface area (Å²) < 4.78 is 1.84. The number of aromatic nitrogens is 2. The number of likely N-dealkylation sites (tertiary alicyclic amines) is 1. The Bertz CT molecular complexity index is 754. The van der Waals surface area contributed by atoms with Gasteiger partial charge in [0.15, 0.2) is 0 Å². The van der Waals surface area contributed by atoms with Crippen molar-refractivity contribution in [2.45, 2.75) is 32.6 Å². The quantitative estimate of drug-likeness (QED) is 0.936. The van der Waals surface area contributed by atoms with Gasteiger partial charge in [0.25, 0.3) is 5.91 Å². The van der Waals surface area contributed by atoms with E-state index in [4.69, 9.17) is 5.11 Å². The normalized spacial score (nSPS) is 16.4. The van der Waals surface area contributed by atoms with Gasteiger partial charge in [-0.15, -0.1) is 11.3 Å². The number of aliphatic carboxylic acids is 1. The Kier molecular flexibility index (Phi) is 4.14. The summed E-state index contributed by atoms with van der Waals surface area (Å²) in [6.07, 6.45) is 1.07. The zero-order chi connectivity index (χ0) is 16.7. The zero-order valence-electron chi connectivity index (χ0n) is 13.6. The lowest BCUT2D eigenvalue weighted by molar-refractivity contribution is -0.143. The Morgan fingerprint density at radius 2 is 2.00 bits per heavy atom. The molecule has 0 saturated carbocycles. The Balaban J connectivity index is 1.82. The molecular weight excluding hydrogens is 314 g/mol. The monoisotopic (exact) mass is 335 g/mol. The second-order valence-electron chi connectivity index (χ2n) is 6.40. The van der Waals surface area contributed by atoms with Crippen molar-refractivity contribution >= 4 is 33.4 Å². The van der Waals surface area contributed by atoms with Gasteiger partial charge in [-0.25, -0.2) is 0 Å². The molecule has 23 heavy (non-hydrogen) atoms. The highest BCUT2D eigenvalue weighted by Crippen LogP contribution is 2.32. The molecule has 1 N–H and O–H groups in total. The van der Waals surface area contributed by atoms with Gasteiger partial charge in [0, 0.05) is 25.5 Å². The molecule has 1 amide bonds. The molecule has 3 rings (SSSR count). The average Bonchev–Trinajstić information content (AvgIpc) is 3.07. The molecule has 7 heteroatoms. The lowest BCUT2D eigenvalue weighted by Gasteiger charge is -2.29. The van der Waals surface area contributed by atoms with Crippen LogP contribution in [0.25, 0.3) is 10.2 Å². The molecule has 6 nitrogen and oxygen atoms in total. The number of rotatable bonds is 3. The maximum absolute atomic E-state index is 12.7. The van der Waals surface area contributed by atoms with Gasteiger partial charge in [-0.1, -0.05) is 13.8 Å². The summed E-state index contributed by atoms with van der Waals surface area (Å²) in [6, 6.07) is 1.94. The fourth-order valence-electron chi connectivity index (χ4n) is 3.08. The van der Waals surface area contributed by atoms with Gasteiger partial charge in [0.2, 0.25) is 0 Å². The van der Waals surface area contributed by atoms with Gasteiger partial charge in [-0.2, -0.15) is 5.10 Å². The van der Waals surface area contributed by atoms with Crippen molar-refractivity contribution in [2.24, 2.45) is 13.0 Å². The number of piperidine rings is 1. The van der Waals surface area contributed by atoms with Gasteiger partial charge in [-0.05, 0) is 24.8 Å². The summed E-state index contributed by atoms with van der Waals surface area (Å²) in [6.45, 7) is 5.22. The Labute approximate surface area is 138 Å². The van der Waals surface area contributed by atoms with Crippen LogP contribution in [0, 0.1) is 5.92 Å². The van der Waals surface area contributed by atoms with Crippen LogP contribution in [0.5, 0.6) is 0 Å². The average molecular weight is 335 g/mol. The first kappa shape index (κ1) is 16.0. The number of fused-ring (bicyclic) bond motifs is 1. The maximum Gasteiger partial charge on any atom is 0.306 e. The number of amides is 1. The van der Waals surface area contributed by atoms with E-state index in [0.717, 1.165) is 15.9 Å². The molecule has 2 aromatic rings. The van der Waals surface area contributed by atoms with E-state index in [1.165, 1.54) is 11.3 Å². The van der Waals surface area contributed by atoms with Gasteiger partial charge >= 0.3 is 5.97 Å². The van der Waals surface area contributed by atoms with Crippen molar-refractivity contribution in [1.82, 2.24) is 14.7 Å². The highest BCUT2D eigenvalue weighted by atomic mass is 32.1. The fourth-order valence-corrected chi connectivity index (χ4v) is 4.13. The summed E-state index contributed by atoms with van der Waals surface area (Å²) in [4.78, 5) is 27.2. The van der Waals surface area contributed by atoms with Crippen LogP contribution in [-0.2, 0) is 11.8 Å². The standard InChI is InChI=1S/C16H21N3O3S/c1-9(2)13-11-8-12(23-15(11)18(3)17-13)14(20)19-6-4-10(5-7-19)16(21)22/h8-10H,4-7H2,1-3H3,(H,21,22). The van der Waals surface area contributed by atoms with Crippen molar-refractivity contribution in [2.75, 3.05) is 13.1 Å². The number of carboxylic acids is 1. The van der Waals surface area contributed by atoms with Crippen molar-refractivity contribution < 1.29 is 14.7 Å². The maximum atomic E-state index is 12.7. The molecule has 2 aromatic heterocycles. The fraction of sp³-hybridized carbons (Fsp3) is 0.562. The van der Waals surface area contributed by atoms with Gasteiger partial charge in [0.1, 0.15) is 4.83 Å². The number of hydrogen-bond donors (Lipinski definition) is 1. The van der Waals surface area contributed by atoms with Crippen LogP contribution < -0.4 is 0 Å². The largest absolute Gasteiger partial charge is 0.481 e. The Morgan fingerprint density at radius 3 is 2.57 bits per heavy atom. The number of aryl methyl sites for hydroxylation is 1. The van der Waals surface area contributed by atoms with Crippen LogP contribution in [0.1, 0.15) is 48.0 Å². The number of carbonyl (C=O) groups is 2.